The summed E-state index contributed by atoms with van der Waals surface area (Å²) in [5.74, 6) is -3.65. The average Bonchev–Trinajstić information content (AvgIpc) is 2.78. The van der Waals surface area contributed by atoms with Gasteiger partial charge in [0, 0.05) is 6.54 Å². The first-order valence-electron chi connectivity index (χ1n) is 12.6. The average molecular weight is 459 g/mol. The van der Waals surface area contributed by atoms with Crippen LogP contribution in [0.4, 0.5) is 4.79 Å². The zero-order valence-electron chi connectivity index (χ0n) is 20.1. The number of hydrogen-bond acceptors (Lipinski definition) is 5. The second-order valence-electron chi connectivity index (χ2n) is 8.46. The molecular weight excluding hydrogens is 412 g/mol. The Kier molecular flexibility index (Phi) is 21.1. The number of carbonyl (C=O) groups excluding carboxylic acids is 1. The molecule has 0 aliphatic carbocycles. The predicted molar refractivity (Wildman–Crippen MR) is 126 cm³/mol. The van der Waals surface area contributed by atoms with Crippen LogP contribution in [0.5, 0.6) is 0 Å². The zero-order chi connectivity index (χ0) is 23.9. The van der Waals surface area contributed by atoms with Crippen molar-refractivity contribution in [3.63, 3.8) is 0 Å². The van der Waals surface area contributed by atoms with E-state index >= 15 is 0 Å². The minimum absolute atomic E-state index is 0.236. The highest BCUT2D eigenvalue weighted by molar-refractivity contribution is 6.27. The van der Waals surface area contributed by atoms with Crippen molar-refractivity contribution in [1.29, 1.82) is 0 Å². The van der Waals surface area contributed by atoms with Gasteiger partial charge in [0.1, 0.15) is 0 Å². The normalized spacial score (nSPS) is 13.7. The van der Waals surface area contributed by atoms with Crippen molar-refractivity contribution in [1.82, 2.24) is 10.2 Å². The van der Waals surface area contributed by atoms with Crippen molar-refractivity contribution in [2.75, 3.05) is 32.8 Å². The van der Waals surface area contributed by atoms with E-state index in [0.717, 1.165) is 19.4 Å². The van der Waals surface area contributed by atoms with E-state index in [1.807, 2.05) is 0 Å². The van der Waals surface area contributed by atoms with Crippen LogP contribution in [0.3, 0.4) is 0 Å². The van der Waals surface area contributed by atoms with Crippen LogP contribution in [0.15, 0.2) is 0 Å². The summed E-state index contributed by atoms with van der Waals surface area (Å²) in [6.07, 6.45) is 18.9. The van der Waals surface area contributed by atoms with Crippen LogP contribution in [0.25, 0.3) is 0 Å². The molecule has 0 aromatic rings. The Hall–Kier alpha value is -1.83. The lowest BCUT2D eigenvalue weighted by Crippen LogP contribution is -2.30. The number of rotatable bonds is 16. The number of ether oxygens (including phenoxy) is 1. The van der Waals surface area contributed by atoms with E-state index in [4.69, 9.17) is 24.5 Å². The number of carboxylic acids is 2. The first-order chi connectivity index (χ1) is 15.5. The molecule has 0 aromatic heterocycles. The number of amides is 1. The molecule has 0 bridgehead atoms. The Bertz CT molecular complexity index is 469. The van der Waals surface area contributed by atoms with E-state index in [1.54, 1.807) is 0 Å². The van der Waals surface area contributed by atoms with Crippen molar-refractivity contribution < 1.29 is 29.3 Å². The number of likely N-dealkylation sites (tertiary alicyclic amines) is 1. The van der Waals surface area contributed by atoms with Crippen LogP contribution >= 0.6 is 0 Å². The summed E-state index contributed by atoms with van der Waals surface area (Å²) in [6.45, 7) is 7.48. The molecule has 0 spiro atoms. The summed E-state index contributed by atoms with van der Waals surface area (Å²) in [6, 6.07) is 0. The molecule has 1 aliphatic rings. The molecule has 0 aromatic carbocycles. The van der Waals surface area contributed by atoms with Crippen LogP contribution in [0.2, 0.25) is 0 Å². The van der Waals surface area contributed by atoms with E-state index in [2.05, 4.69) is 17.1 Å². The molecule has 0 radical (unpaired) electrons. The third-order valence-corrected chi connectivity index (χ3v) is 5.53. The third kappa shape index (κ3) is 21.4. The molecule has 32 heavy (non-hydrogen) atoms. The van der Waals surface area contributed by atoms with Gasteiger partial charge in [-0.05, 0) is 51.7 Å². The number of carboxylic acid groups (broad SMARTS) is 2. The topological polar surface area (TPSA) is 116 Å². The number of hydrogen-bond donors (Lipinski definition) is 3. The molecule has 1 amide bonds. The summed E-state index contributed by atoms with van der Waals surface area (Å²) in [4.78, 5) is 32.4. The lowest BCUT2D eigenvalue weighted by atomic mass is 10.1. The molecule has 1 aliphatic heterocycles. The fraction of sp³-hybridized carbons (Fsp3) is 0.875. The largest absolute Gasteiger partial charge is 0.473 e. The molecule has 188 valence electrons. The molecule has 8 nitrogen and oxygen atoms in total. The Morgan fingerprint density at radius 3 is 1.88 bits per heavy atom. The van der Waals surface area contributed by atoms with E-state index < -0.39 is 11.9 Å². The van der Waals surface area contributed by atoms with E-state index in [0.29, 0.717) is 6.61 Å². The third-order valence-electron chi connectivity index (χ3n) is 5.53. The molecule has 0 atom stereocenters. The number of alkyl carbamates (subject to hydrolysis) is 1. The Morgan fingerprint density at radius 1 is 0.750 bits per heavy atom. The maximum atomic E-state index is 11.6. The number of nitrogens with zero attached hydrogens (tertiary/aromatic N) is 1. The Labute approximate surface area is 194 Å². The second-order valence-corrected chi connectivity index (χ2v) is 8.46. The summed E-state index contributed by atoms with van der Waals surface area (Å²) < 4.78 is 5.24. The maximum Gasteiger partial charge on any atom is 0.414 e. The predicted octanol–water partition coefficient (Wildman–Crippen LogP) is 5.06. The van der Waals surface area contributed by atoms with Gasteiger partial charge in [0.05, 0.1) is 6.61 Å². The summed E-state index contributed by atoms with van der Waals surface area (Å²) >= 11 is 0. The van der Waals surface area contributed by atoms with Gasteiger partial charge in [0.2, 0.25) is 0 Å². The fourth-order valence-electron chi connectivity index (χ4n) is 3.64. The Balaban J connectivity index is 0.00000140. The van der Waals surface area contributed by atoms with Crippen LogP contribution < -0.4 is 5.32 Å². The van der Waals surface area contributed by atoms with E-state index in [1.165, 1.54) is 103 Å². The summed E-state index contributed by atoms with van der Waals surface area (Å²) in [7, 11) is 0. The second kappa shape index (κ2) is 22.4. The van der Waals surface area contributed by atoms with Gasteiger partial charge in [-0.3, -0.25) is 0 Å². The highest BCUT2D eigenvalue weighted by Crippen LogP contribution is 2.11. The molecule has 1 rings (SSSR count). The van der Waals surface area contributed by atoms with Crippen LogP contribution in [0.1, 0.15) is 103 Å². The van der Waals surface area contributed by atoms with Crippen LogP contribution in [0, 0.1) is 0 Å². The standard InChI is InChI=1S/C22H44N2O2.C2H2O4/c1-2-3-4-5-8-12-17-23-22(25)26-21-16-10-7-6-9-13-18-24-19-14-11-15-20-24;3-1(4)2(5)6/h2-21H2,1H3,(H,23,25);(H,3,4)(H,5,6). The monoisotopic (exact) mass is 458 g/mol. The number of carbonyl (C=O) groups is 3. The molecule has 1 fully saturated rings. The number of nitrogens with one attached hydrogen (secondary N) is 1. The lowest BCUT2D eigenvalue weighted by molar-refractivity contribution is -0.159. The van der Waals surface area contributed by atoms with E-state index in [9.17, 15) is 4.79 Å². The molecule has 0 saturated carbocycles. The number of aliphatic carboxylic acids is 2. The first-order valence-corrected chi connectivity index (χ1v) is 12.6. The van der Waals surface area contributed by atoms with Crippen molar-refractivity contribution >= 4 is 18.0 Å². The zero-order valence-corrected chi connectivity index (χ0v) is 20.1. The van der Waals surface area contributed by atoms with Crippen molar-refractivity contribution in [3.05, 3.63) is 0 Å². The molecule has 1 saturated heterocycles. The SMILES string of the molecule is CCCCCCCCNC(=O)OCCCCCCCCN1CCCCC1.O=C(O)C(=O)O. The van der Waals surface area contributed by atoms with Gasteiger partial charge in [-0.25, -0.2) is 14.4 Å². The van der Waals surface area contributed by atoms with Gasteiger partial charge in [-0.15, -0.1) is 0 Å². The van der Waals surface area contributed by atoms with Gasteiger partial charge < -0.3 is 25.2 Å². The molecule has 3 N–H and O–H groups in total. The lowest BCUT2D eigenvalue weighted by Gasteiger charge is -2.26. The van der Waals surface area contributed by atoms with Gasteiger partial charge in [0.15, 0.2) is 0 Å². The molecule has 0 unspecified atom stereocenters. The number of piperidine rings is 1. The van der Waals surface area contributed by atoms with Gasteiger partial charge >= 0.3 is 18.0 Å². The first kappa shape index (κ1) is 30.2. The highest BCUT2D eigenvalue weighted by atomic mass is 16.5. The van der Waals surface area contributed by atoms with Gasteiger partial charge in [-0.2, -0.15) is 0 Å². The fourth-order valence-corrected chi connectivity index (χ4v) is 3.64. The quantitative estimate of drug-likeness (QED) is 0.219. The van der Waals surface area contributed by atoms with Crippen LogP contribution in [-0.2, 0) is 14.3 Å². The molecular formula is C24H46N2O6. The smallest absolute Gasteiger partial charge is 0.414 e. The molecule has 1 heterocycles. The molecule has 8 heteroatoms. The van der Waals surface area contributed by atoms with E-state index in [-0.39, 0.29) is 6.09 Å². The Morgan fingerprint density at radius 2 is 1.28 bits per heavy atom. The van der Waals surface area contributed by atoms with Crippen molar-refractivity contribution in [2.45, 2.75) is 103 Å². The van der Waals surface area contributed by atoms with Gasteiger partial charge in [-0.1, -0.05) is 71.1 Å². The van der Waals surface area contributed by atoms with Crippen LogP contribution in [-0.4, -0.2) is 65.9 Å². The minimum Gasteiger partial charge on any atom is -0.473 e. The summed E-state index contributed by atoms with van der Waals surface area (Å²) in [5.41, 5.74) is 0. The van der Waals surface area contributed by atoms with Crippen molar-refractivity contribution in [3.8, 4) is 0 Å². The minimum atomic E-state index is -1.82. The van der Waals surface area contributed by atoms with Gasteiger partial charge in [0.25, 0.3) is 0 Å². The number of unbranched alkanes of at least 4 members (excludes halogenated alkanes) is 10. The maximum absolute atomic E-state index is 11.6. The summed E-state index contributed by atoms with van der Waals surface area (Å²) in [5, 5.41) is 17.6. The highest BCUT2D eigenvalue weighted by Gasteiger charge is 2.08. The van der Waals surface area contributed by atoms with Crippen molar-refractivity contribution in [2.24, 2.45) is 0 Å².